The molecule has 4 rings (SSSR count). The number of nitro benzene ring substituents is 1. The average Bonchev–Trinajstić information content (AvgIpc) is 3.15. The molecule has 1 aliphatic heterocycles. The molecule has 0 radical (unpaired) electrons. The lowest BCUT2D eigenvalue weighted by atomic mass is 9.82. The maximum Gasteiger partial charge on any atom is 0.338 e. The third kappa shape index (κ3) is 5.89. The van der Waals surface area contributed by atoms with Crippen LogP contribution in [0.2, 0.25) is 0 Å². The molecule has 39 heavy (non-hydrogen) atoms. The van der Waals surface area contributed by atoms with E-state index in [0.717, 1.165) is 43.4 Å². The van der Waals surface area contributed by atoms with E-state index in [-0.39, 0.29) is 39.8 Å². The molecule has 10 nitrogen and oxygen atoms in total. The summed E-state index contributed by atoms with van der Waals surface area (Å²) in [6, 6.07) is 11.9. The summed E-state index contributed by atoms with van der Waals surface area (Å²) in [4.78, 5) is 29.5. The molecule has 1 unspecified atom stereocenters. The SMILES string of the molecule is CC(C)OC(=O)C1=C(CSc2nc3c(cc2C#N)CCCCC3)OC(N)=C(C#N)C1c1ccccc1[N+](=O)[O-]. The molecule has 0 bridgehead atoms. The van der Waals surface area contributed by atoms with Gasteiger partial charge in [0.15, 0.2) is 0 Å². The lowest BCUT2D eigenvalue weighted by Crippen LogP contribution is -2.28. The van der Waals surface area contributed by atoms with Gasteiger partial charge in [0, 0.05) is 17.3 Å². The van der Waals surface area contributed by atoms with Gasteiger partial charge in [-0.1, -0.05) is 36.4 Å². The van der Waals surface area contributed by atoms with Gasteiger partial charge < -0.3 is 15.2 Å². The number of esters is 1. The number of carbonyl (C=O) groups excluding carboxylic acids is 1. The van der Waals surface area contributed by atoms with Crippen LogP contribution in [0, 0.1) is 32.8 Å². The first-order valence-electron chi connectivity index (χ1n) is 12.6. The van der Waals surface area contributed by atoms with Crippen LogP contribution >= 0.6 is 11.8 Å². The van der Waals surface area contributed by atoms with Gasteiger partial charge in [-0.25, -0.2) is 9.78 Å². The van der Waals surface area contributed by atoms with Crippen molar-refractivity contribution >= 4 is 23.4 Å². The minimum absolute atomic E-state index is 0.0273. The highest BCUT2D eigenvalue weighted by atomic mass is 32.2. The third-order valence-corrected chi connectivity index (χ3v) is 7.47. The van der Waals surface area contributed by atoms with Gasteiger partial charge in [-0.15, -0.1) is 0 Å². The van der Waals surface area contributed by atoms with Crippen molar-refractivity contribution in [2.45, 2.75) is 63.0 Å². The van der Waals surface area contributed by atoms with Crippen LogP contribution in [0.3, 0.4) is 0 Å². The van der Waals surface area contributed by atoms with E-state index < -0.39 is 22.9 Å². The standard InChI is InChI=1S/C28H27N5O5S/c1-16(2)37-28(34)25-23(15-39-27-18(13-29)12-17-8-4-3-5-10-21(17)32-27)38-26(31)20(14-30)24(25)19-9-6-7-11-22(19)33(35)36/h6-7,9,11-12,16,24H,3-5,8,10,15,31H2,1-2H3. The number of nitriles is 2. The molecule has 11 heteroatoms. The quantitative estimate of drug-likeness (QED) is 0.166. The molecule has 1 aromatic carbocycles. The van der Waals surface area contributed by atoms with Crippen molar-refractivity contribution in [1.29, 1.82) is 10.5 Å². The van der Waals surface area contributed by atoms with Crippen molar-refractivity contribution in [3.05, 3.63) is 85.6 Å². The number of nitro groups is 1. The number of rotatable bonds is 7. The van der Waals surface area contributed by atoms with Gasteiger partial charge in [-0.3, -0.25) is 10.1 Å². The Balaban J connectivity index is 1.82. The molecule has 0 saturated carbocycles. The van der Waals surface area contributed by atoms with Crippen molar-refractivity contribution in [3.8, 4) is 12.1 Å². The summed E-state index contributed by atoms with van der Waals surface area (Å²) in [5, 5.41) is 32.1. The summed E-state index contributed by atoms with van der Waals surface area (Å²) in [5.41, 5.74) is 8.24. The largest absolute Gasteiger partial charge is 0.459 e. The van der Waals surface area contributed by atoms with Gasteiger partial charge in [0.05, 0.1) is 33.8 Å². The van der Waals surface area contributed by atoms with E-state index in [1.807, 2.05) is 12.1 Å². The highest BCUT2D eigenvalue weighted by Gasteiger charge is 2.41. The highest BCUT2D eigenvalue weighted by Crippen LogP contribution is 2.44. The molecular weight excluding hydrogens is 518 g/mol. The third-order valence-electron chi connectivity index (χ3n) is 6.48. The van der Waals surface area contributed by atoms with Crippen molar-refractivity contribution < 1.29 is 19.2 Å². The van der Waals surface area contributed by atoms with Crippen molar-refractivity contribution in [2.75, 3.05) is 5.75 Å². The maximum absolute atomic E-state index is 13.4. The molecule has 1 atom stereocenters. The Morgan fingerprint density at radius 1 is 1.26 bits per heavy atom. The molecule has 2 N–H and O–H groups in total. The number of nitrogens with two attached hydrogens (primary N) is 1. The molecule has 0 saturated heterocycles. The first-order chi connectivity index (χ1) is 18.7. The number of nitrogens with zero attached hydrogens (tertiary/aromatic N) is 4. The Hall–Kier alpha value is -4.35. The van der Waals surface area contributed by atoms with Gasteiger partial charge in [0.1, 0.15) is 28.5 Å². The van der Waals surface area contributed by atoms with Crippen LogP contribution in [-0.4, -0.2) is 27.7 Å². The number of allylic oxidation sites excluding steroid dienone is 1. The highest BCUT2D eigenvalue weighted by molar-refractivity contribution is 7.99. The number of aromatic nitrogens is 1. The van der Waals surface area contributed by atoms with E-state index in [4.69, 9.17) is 20.2 Å². The van der Waals surface area contributed by atoms with Crippen LogP contribution < -0.4 is 5.73 Å². The molecule has 1 aliphatic carbocycles. The Morgan fingerprint density at radius 3 is 2.69 bits per heavy atom. The number of carbonyl (C=O) groups is 1. The Morgan fingerprint density at radius 2 is 2.00 bits per heavy atom. The van der Waals surface area contributed by atoms with Crippen LogP contribution in [0.25, 0.3) is 0 Å². The fourth-order valence-electron chi connectivity index (χ4n) is 4.75. The fraction of sp³-hybridized carbons (Fsp3) is 0.357. The van der Waals surface area contributed by atoms with Gasteiger partial charge in [-0.2, -0.15) is 10.5 Å². The maximum atomic E-state index is 13.4. The summed E-state index contributed by atoms with van der Waals surface area (Å²) in [7, 11) is 0. The number of ether oxygens (including phenoxy) is 2. The second kappa shape index (κ2) is 12.0. The van der Waals surface area contributed by atoms with Crippen LogP contribution in [0.15, 0.2) is 58.1 Å². The van der Waals surface area contributed by atoms with Gasteiger partial charge >= 0.3 is 5.97 Å². The van der Waals surface area contributed by atoms with Crippen LogP contribution in [0.5, 0.6) is 0 Å². The summed E-state index contributed by atoms with van der Waals surface area (Å²) in [6.07, 6.45) is 4.36. The van der Waals surface area contributed by atoms with Gasteiger partial charge in [0.25, 0.3) is 5.69 Å². The van der Waals surface area contributed by atoms with E-state index in [2.05, 4.69) is 6.07 Å². The molecule has 200 valence electrons. The first-order valence-corrected chi connectivity index (χ1v) is 13.5. The predicted molar refractivity (Wildman–Crippen MR) is 143 cm³/mol. The van der Waals surface area contributed by atoms with E-state index in [0.29, 0.717) is 10.6 Å². The van der Waals surface area contributed by atoms with Crippen molar-refractivity contribution in [2.24, 2.45) is 5.73 Å². The smallest absolute Gasteiger partial charge is 0.338 e. The second-order valence-electron chi connectivity index (χ2n) is 9.44. The number of benzene rings is 1. The number of para-hydroxylation sites is 1. The molecule has 0 fully saturated rings. The van der Waals surface area contributed by atoms with E-state index >= 15 is 0 Å². The average molecular weight is 546 g/mol. The molecule has 0 spiro atoms. The number of pyridine rings is 1. The monoisotopic (exact) mass is 545 g/mol. The van der Waals surface area contributed by atoms with Crippen molar-refractivity contribution in [1.82, 2.24) is 4.98 Å². The number of thioether (sulfide) groups is 1. The lowest BCUT2D eigenvalue weighted by Gasteiger charge is -2.28. The first kappa shape index (κ1) is 27.7. The number of hydrogen-bond donors (Lipinski definition) is 1. The molecule has 0 amide bonds. The fourth-order valence-corrected chi connectivity index (χ4v) is 5.67. The number of hydrogen-bond acceptors (Lipinski definition) is 10. The second-order valence-corrected chi connectivity index (χ2v) is 10.4. The minimum Gasteiger partial charge on any atom is -0.459 e. The Bertz CT molecular complexity index is 1470. The summed E-state index contributed by atoms with van der Waals surface area (Å²) < 4.78 is 11.3. The van der Waals surface area contributed by atoms with Crippen LogP contribution in [0.4, 0.5) is 5.69 Å². The predicted octanol–water partition coefficient (Wildman–Crippen LogP) is 4.94. The lowest BCUT2D eigenvalue weighted by molar-refractivity contribution is -0.385. The summed E-state index contributed by atoms with van der Waals surface area (Å²) in [6.45, 7) is 3.34. The van der Waals surface area contributed by atoms with E-state index in [1.165, 1.54) is 30.0 Å². The van der Waals surface area contributed by atoms with Crippen LogP contribution in [0.1, 0.15) is 61.4 Å². The summed E-state index contributed by atoms with van der Waals surface area (Å²) in [5.74, 6) is -2.10. The zero-order valence-electron chi connectivity index (χ0n) is 21.6. The molecule has 2 aliphatic rings. The molecule has 2 aromatic rings. The minimum atomic E-state index is -1.18. The molecule has 1 aromatic heterocycles. The van der Waals surface area contributed by atoms with Gasteiger partial charge in [0.2, 0.25) is 5.88 Å². The zero-order chi connectivity index (χ0) is 28.1. The Labute approximate surface area is 230 Å². The number of fused-ring (bicyclic) bond motifs is 1. The van der Waals surface area contributed by atoms with E-state index in [1.54, 1.807) is 19.9 Å². The molecular formula is C28H27N5O5S. The number of aryl methyl sites for hydroxylation is 2. The van der Waals surface area contributed by atoms with Gasteiger partial charge in [-0.05, 0) is 51.2 Å². The van der Waals surface area contributed by atoms with E-state index in [9.17, 15) is 25.4 Å². The topological polar surface area (TPSA) is 165 Å². The van der Waals surface area contributed by atoms with Crippen LogP contribution in [-0.2, 0) is 27.1 Å². The Kier molecular flexibility index (Phi) is 8.52. The zero-order valence-corrected chi connectivity index (χ0v) is 22.4. The van der Waals surface area contributed by atoms with Crippen molar-refractivity contribution in [3.63, 3.8) is 0 Å². The normalized spacial score (nSPS) is 17.0. The summed E-state index contributed by atoms with van der Waals surface area (Å²) >= 11 is 1.20. The molecule has 2 heterocycles.